The van der Waals surface area contributed by atoms with Crippen LogP contribution in [0.4, 0.5) is 0 Å². The number of carboxylic acids is 3. The number of aliphatic carboxylic acids is 3. The molecule has 1 unspecified atom stereocenters. The van der Waals surface area contributed by atoms with Gasteiger partial charge in [0.25, 0.3) is 16.7 Å². The van der Waals surface area contributed by atoms with Crippen molar-refractivity contribution in [1.29, 1.82) is 0 Å². The normalized spacial score (nSPS) is 13.7. The van der Waals surface area contributed by atoms with E-state index in [1.54, 1.807) is 80.0 Å². The lowest BCUT2D eigenvalue weighted by atomic mass is 9.94. The summed E-state index contributed by atoms with van der Waals surface area (Å²) in [7, 11) is 0. The number of hydrogen-bond acceptors (Lipinski definition) is 12. The first-order chi connectivity index (χ1) is 49.2. The highest BCUT2D eigenvalue weighted by atomic mass is 16.4. The van der Waals surface area contributed by atoms with Crippen LogP contribution < -0.4 is 32.6 Å². The van der Waals surface area contributed by atoms with Crippen LogP contribution in [0.25, 0.3) is 33.4 Å². The van der Waals surface area contributed by atoms with E-state index >= 15 is 0 Å². The molecule has 21 heteroatoms. The Morgan fingerprint density at radius 3 is 1.17 bits per heavy atom. The minimum Gasteiger partial charge on any atom is -0.481 e. The van der Waals surface area contributed by atoms with Crippen LogP contribution in [-0.4, -0.2) is 79.6 Å². The zero-order chi connectivity index (χ0) is 74.8. The molecule has 0 saturated heterocycles. The number of benzene rings is 3. The zero-order valence-corrected chi connectivity index (χ0v) is 60.3. The van der Waals surface area contributed by atoms with Crippen molar-refractivity contribution in [2.45, 2.75) is 170 Å². The van der Waals surface area contributed by atoms with Gasteiger partial charge in [0.15, 0.2) is 0 Å². The van der Waals surface area contributed by atoms with E-state index in [4.69, 9.17) is 0 Å². The molecule has 103 heavy (non-hydrogen) atoms. The number of carbonyl (C=O) groups is 6. The highest BCUT2D eigenvalue weighted by Crippen LogP contribution is 2.38. The van der Waals surface area contributed by atoms with E-state index in [2.05, 4.69) is 30.9 Å². The molecular weight excluding hydrogens is 1300 g/mol. The molecule has 6 aromatic heterocycles. The van der Waals surface area contributed by atoms with Crippen LogP contribution in [0.1, 0.15) is 176 Å². The molecule has 3 amide bonds. The molecule has 21 nitrogen and oxygen atoms in total. The lowest BCUT2D eigenvalue weighted by molar-refractivity contribution is -0.139. The van der Waals surface area contributed by atoms with Crippen LogP contribution in [0, 0.1) is 67.2 Å². The maximum Gasteiger partial charge on any atom is 0.305 e. The van der Waals surface area contributed by atoms with Gasteiger partial charge in [-0.1, -0.05) is 107 Å². The highest BCUT2D eigenvalue weighted by molar-refractivity contribution is 5.84. The zero-order valence-electron chi connectivity index (χ0n) is 60.3. The highest BCUT2D eigenvalue weighted by Gasteiger charge is 2.34. The molecule has 1 saturated carbocycles. The van der Waals surface area contributed by atoms with Crippen LogP contribution in [-0.2, 0) is 28.8 Å². The Hall–Kier alpha value is -11.2. The Labute approximate surface area is 600 Å². The van der Waals surface area contributed by atoms with Gasteiger partial charge in [0.2, 0.25) is 17.7 Å². The number of nitrogens with one attached hydrogen (secondary N) is 3. The number of amides is 3. The molecule has 6 heterocycles. The fraction of sp³-hybridized carbons (Fsp3) is 0.341. The molecule has 1 aliphatic rings. The molecule has 3 aromatic carbocycles. The van der Waals surface area contributed by atoms with Gasteiger partial charge in [-0.3, -0.25) is 58.1 Å². The summed E-state index contributed by atoms with van der Waals surface area (Å²) in [6.45, 7) is 21.5. The third-order valence-electron chi connectivity index (χ3n) is 18.8. The van der Waals surface area contributed by atoms with Crippen molar-refractivity contribution in [3.8, 4) is 33.4 Å². The fourth-order valence-electron chi connectivity index (χ4n) is 13.2. The average Bonchev–Trinajstić information content (AvgIpc) is 1.11. The minimum absolute atomic E-state index is 0.139. The minimum atomic E-state index is -1.04. The van der Waals surface area contributed by atoms with E-state index in [0.717, 1.165) is 90.7 Å². The van der Waals surface area contributed by atoms with Gasteiger partial charge in [0, 0.05) is 90.7 Å². The summed E-state index contributed by atoms with van der Waals surface area (Å²) < 4.78 is 4.28. The SMILES string of the molecule is CCC[C@@H](C(=O)N[C@@H](CC(=O)O)c1cncc(-c2c(C)cccc2C)c1)n1ccc(C)cc1=O.CC[C@@H](C)[C@H](C(=O)N[C@@H](CC(=O)O)c1cncc(-c2c(C)cccc2C)c1)n1ccc(C)cc1=O.Cc1cccc(C)c1-c1cncc([C@H](CC(=O)O)NC(=O)C(CC2CC2)n2ccccc2=O)c1. The lowest BCUT2D eigenvalue weighted by Gasteiger charge is -2.27. The van der Waals surface area contributed by atoms with E-state index in [1.165, 1.54) is 31.9 Å². The van der Waals surface area contributed by atoms with Crippen molar-refractivity contribution in [1.82, 2.24) is 44.6 Å². The van der Waals surface area contributed by atoms with Gasteiger partial charge >= 0.3 is 17.9 Å². The van der Waals surface area contributed by atoms with Crippen molar-refractivity contribution in [3.63, 3.8) is 0 Å². The first-order valence-electron chi connectivity index (χ1n) is 34.8. The molecule has 10 rings (SSSR count). The Kier molecular flexibility index (Phi) is 27.0. The van der Waals surface area contributed by atoms with Crippen LogP contribution in [0.3, 0.4) is 0 Å². The van der Waals surface area contributed by atoms with Crippen molar-refractivity contribution in [2.75, 3.05) is 0 Å². The second-order valence-electron chi connectivity index (χ2n) is 27.0. The molecule has 0 aliphatic heterocycles. The number of carbonyl (C=O) groups excluding carboxylic acids is 3. The summed E-state index contributed by atoms with van der Waals surface area (Å²) in [5.74, 6) is -4.00. The van der Waals surface area contributed by atoms with Gasteiger partial charge in [-0.05, 0) is 194 Å². The third-order valence-corrected chi connectivity index (χ3v) is 18.8. The van der Waals surface area contributed by atoms with E-state index in [-0.39, 0.29) is 47.8 Å². The Balaban J connectivity index is 0.000000196. The van der Waals surface area contributed by atoms with Gasteiger partial charge in [-0.15, -0.1) is 0 Å². The maximum atomic E-state index is 13.5. The van der Waals surface area contributed by atoms with E-state index in [9.17, 15) is 58.5 Å². The number of aryl methyl sites for hydroxylation is 8. The lowest BCUT2D eigenvalue weighted by Crippen LogP contribution is -2.42. The number of nitrogens with zero attached hydrogens (tertiary/aromatic N) is 6. The van der Waals surface area contributed by atoms with Crippen LogP contribution >= 0.6 is 0 Å². The summed E-state index contributed by atoms with van der Waals surface area (Å²) in [4.78, 5) is 126. The van der Waals surface area contributed by atoms with Crippen molar-refractivity contribution >= 4 is 35.6 Å². The Bertz CT molecular complexity index is 4670. The van der Waals surface area contributed by atoms with E-state index in [1.807, 2.05) is 149 Å². The molecule has 538 valence electrons. The Morgan fingerprint density at radius 1 is 0.447 bits per heavy atom. The fourth-order valence-corrected chi connectivity index (χ4v) is 13.2. The van der Waals surface area contributed by atoms with Crippen LogP contribution in [0.5, 0.6) is 0 Å². The molecule has 0 spiro atoms. The maximum absolute atomic E-state index is 13.5. The summed E-state index contributed by atoms with van der Waals surface area (Å²) in [5, 5.41) is 37.4. The van der Waals surface area contributed by atoms with Crippen molar-refractivity contribution in [2.24, 2.45) is 11.8 Å². The van der Waals surface area contributed by atoms with E-state index < -0.39 is 66.0 Å². The van der Waals surface area contributed by atoms with Gasteiger partial charge in [0.05, 0.1) is 37.4 Å². The molecule has 6 N–H and O–H groups in total. The molecule has 1 fully saturated rings. The smallest absolute Gasteiger partial charge is 0.305 e. The molecular formula is C82H93N9O12. The van der Waals surface area contributed by atoms with Crippen LogP contribution in [0.2, 0.25) is 0 Å². The van der Waals surface area contributed by atoms with Crippen LogP contribution in [0.15, 0.2) is 185 Å². The van der Waals surface area contributed by atoms with Gasteiger partial charge in [-0.25, -0.2) is 0 Å². The monoisotopic (exact) mass is 1400 g/mol. The quantitative estimate of drug-likeness (QED) is 0.0279. The molecule has 0 bridgehead atoms. The summed E-state index contributed by atoms with van der Waals surface area (Å²) >= 11 is 0. The topological polar surface area (TPSA) is 304 Å². The average molecular weight is 1400 g/mol. The molecule has 7 atom stereocenters. The predicted molar refractivity (Wildman–Crippen MR) is 397 cm³/mol. The van der Waals surface area contributed by atoms with Crippen molar-refractivity contribution < 1.29 is 44.1 Å². The molecule has 1 aliphatic carbocycles. The van der Waals surface area contributed by atoms with Crippen molar-refractivity contribution in [3.05, 3.63) is 263 Å². The number of pyridine rings is 6. The number of carboxylic acid groups (broad SMARTS) is 3. The summed E-state index contributed by atoms with van der Waals surface area (Å²) in [6.07, 6.45) is 18.4. The predicted octanol–water partition coefficient (Wildman–Crippen LogP) is 13.5. The molecule has 9 aromatic rings. The second-order valence-corrected chi connectivity index (χ2v) is 27.0. The number of aromatic nitrogens is 6. The van der Waals surface area contributed by atoms with Gasteiger partial charge in [0.1, 0.15) is 18.1 Å². The largest absolute Gasteiger partial charge is 0.481 e. The summed E-state index contributed by atoms with van der Waals surface area (Å²) in [5.41, 5.74) is 14.9. The van der Waals surface area contributed by atoms with E-state index in [0.29, 0.717) is 48.3 Å². The second kappa shape index (κ2) is 35.9. The van der Waals surface area contributed by atoms with Gasteiger partial charge < -0.3 is 45.0 Å². The number of rotatable bonds is 27. The first kappa shape index (κ1) is 77.5. The standard InChI is InChI=1S/C28H33N3O4.C27H29N3O4.C27H31N3O4/c1-6-18(3)27(31-11-10-17(2)12-24(31)32)28(35)30-23(14-25(33)34)21-13-22(16-29-15-21)26-19(4)8-7-9-20(26)5;1-17-6-5-7-18(2)26(17)21-13-20(15-28-16-21)22(14-25(32)33)29-27(34)23(12-19-9-10-19)30-11-4-3-8-24(30)31;1-5-7-23(30-11-10-17(2)12-24(30)31)27(34)29-22(14-25(32)33)20-13-21(16-28-15-20)26-18(3)8-6-9-19(26)4/h7-13,15-16,18,23,27H,6,14H2,1-5H3,(H,30,35)(H,33,34);3-8,11,13,15-16,19,22-23H,9-10,12,14H2,1-2H3,(H,29,34)(H,32,33);6,8-13,15-16,22-23H,5,7,14H2,1-4H3,(H,29,34)(H,32,33)/t18-,23+,27-;22-,23?;22-,23-/m100/s1. The molecule has 0 radical (unpaired) electrons. The number of hydrogen-bond donors (Lipinski definition) is 6. The van der Waals surface area contributed by atoms with Gasteiger partial charge in [-0.2, -0.15) is 0 Å². The third kappa shape index (κ3) is 20.7. The Morgan fingerprint density at radius 2 is 0.816 bits per heavy atom. The first-order valence-corrected chi connectivity index (χ1v) is 34.8. The summed E-state index contributed by atoms with van der Waals surface area (Å²) in [6, 6.07) is 30.5.